The summed E-state index contributed by atoms with van der Waals surface area (Å²) in [6.07, 6.45) is 7.66. The molecule has 2 aliphatic rings. The fourth-order valence-corrected chi connectivity index (χ4v) is 4.58. The molecule has 2 unspecified atom stereocenters. The molecule has 1 aromatic carbocycles. The zero-order valence-electron chi connectivity index (χ0n) is 17.2. The van der Waals surface area contributed by atoms with Crippen LogP contribution in [0.15, 0.2) is 42.7 Å². The number of piperidine rings is 2. The van der Waals surface area contributed by atoms with Crippen molar-refractivity contribution in [3.05, 3.63) is 48.3 Å². The molecule has 3 heterocycles. The van der Waals surface area contributed by atoms with Gasteiger partial charge in [0.15, 0.2) is 0 Å². The first-order chi connectivity index (χ1) is 14.3. The number of aliphatic hydroxyl groups is 1. The average molecular weight is 396 g/mol. The number of hydrogen-bond donors (Lipinski definition) is 2. The van der Waals surface area contributed by atoms with Crippen molar-refractivity contribution in [3.63, 3.8) is 0 Å². The van der Waals surface area contributed by atoms with Crippen LogP contribution in [0.25, 0.3) is 0 Å². The van der Waals surface area contributed by atoms with Crippen LogP contribution in [0.1, 0.15) is 37.7 Å². The maximum absolute atomic E-state index is 9.49. The van der Waals surface area contributed by atoms with Crippen LogP contribution in [0, 0.1) is 5.92 Å². The molecular weight excluding hydrogens is 362 g/mol. The van der Waals surface area contributed by atoms with E-state index in [4.69, 9.17) is 0 Å². The van der Waals surface area contributed by atoms with Crippen molar-refractivity contribution in [2.45, 2.75) is 44.7 Å². The number of nitrogens with zero attached hydrogens (tertiary/aromatic N) is 4. The number of hydrogen-bond acceptors (Lipinski definition) is 6. The predicted molar refractivity (Wildman–Crippen MR) is 117 cm³/mol. The lowest BCUT2D eigenvalue weighted by molar-refractivity contribution is 0.148. The van der Waals surface area contributed by atoms with Crippen LogP contribution in [0.4, 0.5) is 11.6 Å². The van der Waals surface area contributed by atoms with E-state index in [0.29, 0.717) is 12.0 Å². The van der Waals surface area contributed by atoms with Gasteiger partial charge in [0.2, 0.25) is 0 Å². The second kappa shape index (κ2) is 10.0. The molecule has 0 spiro atoms. The summed E-state index contributed by atoms with van der Waals surface area (Å²) < 4.78 is 0. The third-order valence-corrected chi connectivity index (χ3v) is 6.25. The van der Waals surface area contributed by atoms with Crippen LogP contribution < -0.4 is 10.2 Å². The minimum absolute atomic E-state index is 0.256. The Hall–Kier alpha value is -2.18. The number of aromatic nitrogens is 2. The molecule has 2 aliphatic heterocycles. The number of anilines is 2. The Labute approximate surface area is 174 Å². The van der Waals surface area contributed by atoms with Crippen molar-refractivity contribution < 1.29 is 5.11 Å². The number of nitrogens with one attached hydrogen (secondary N) is 1. The van der Waals surface area contributed by atoms with Crippen molar-refractivity contribution >= 4 is 11.6 Å². The summed E-state index contributed by atoms with van der Waals surface area (Å²) in [5, 5.41) is 13.1. The minimum Gasteiger partial charge on any atom is -0.396 e. The van der Waals surface area contributed by atoms with Gasteiger partial charge >= 0.3 is 0 Å². The molecule has 0 saturated carbocycles. The van der Waals surface area contributed by atoms with Gasteiger partial charge in [0.1, 0.15) is 18.0 Å². The Morgan fingerprint density at radius 2 is 1.93 bits per heavy atom. The van der Waals surface area contributed by atoms with Crippen molar-refractivity contribution in [2.24, 2.45) is 5.92 Å². The van der Waals surface area contributed by atoms with Gasteiger partial charge in [-0.25, -0.2) is 9.97 Å². The van der Waals surface area contributed by atoms with Crippen LogP contribution in [-0.4, -0.2) is 58.8 Å². The first kappa shape index (κ1) is 20.1. The summed E-state index contributed by atoms with van der Waals surface area (Å²) >= 11 is 0. The van der Waals surface area contributed by atoms with Crippen LogP contribution >= 0.6 is 0 Å². The van der Waals surface area contributed by atoms with Gasteiger partial charge in [0.25, 0.3) is 0 Å². The fraction of sp³-hybridized carbons (Fsp3) is 0.565. The molecule has 2 atom stereocenters. The van der Waals surface area contributed by atoms with Gasteiger partial charge in [-0.15, -0.1) is 0 Å². The Balaban J connectivity index is 1.36. The third-order valence-electron chi connectivity index (χ3n) is 6.25. The number of rotatable bonds is 7. The molecule has 0 radical (unpaired) electrons. The SMILES string of the molecule is OCC1CCCN(c2cc(NCC3CCCCN3Cc3ccccc3)ncn2)C1. The van der Waals surface area contributed by atoms with Crippen molar-refractivity contribution in [2.75, 3.05) is 43.0 Å². The minimum atomic E-state index is 0.256. The topological polar surface area (TPSA) is 64.5 Å². The standard InChI is InChI=1S/C23H33N5O/c29-17-20-9-6-12-28(16-20)23-13-22(25-18-26-23)24-14-21-10-4-5-11-27(21)15-19-7-2-1-3-8-19/h1-3,7-8,13,18,20-21,29H,4-6,9-12,14-17H2,(H,24,25,26). The van der Waals surface area contributed by atoms with E-state index in [-0.39, 0.29) is 6.61 Å². The van der Waals surface area contributed by atoms with Gasteiger partial charge in [-0.05, 0) is 43.7 Å². The molecule has 156 valence electrons. The normalized spacial score (nSPS) is 23.1. The Morgan fingerprint density at radius 1 is 1.03 bits per heavy atom. The summed E-state index contributed by atoms with van der Waals surface area (Å²) in [4.78, 5) is 13.8. The van der Waals surface area contributed by atoms with Gasteiger partial charge in [-0.2, -0.15) is 0 Å². The molecule has 6 nitrogen and oxygen atoms in total. The summed E-state index contributed by atoms with van der Waals surface area (Å²) in [5.74, 6) is 2.21. The lowest BCUT2D eigenvalue weighted by atomic mass is 9.99. The quantitative estimate of drug-likeness (QED) is 0.751. The monoisotopic (exact) mass is 395 g/mol. The van der Waals surface area contributed by atoms with E-state index in [9.17, 15) is 5.11 Å². The van der Waals surface area contributed by atoms with E-state index in [0.717, 1.165) is 57.2 Å². The van der Waals surface area contributed by atoms with Crippen molar-refractivity contribution in [3.8, 4) is 0 Å². The first-order valence-corrected chi connectivity index (χ1v) is 11.0. The van der Waals surface area contributed by atoms with Crippen LogP contribution in [0.3, 0.4) is 0 Å². The smallest absolute Gasteiger partial charge is 0.134 e. The second-order valence-corrected chi connectivity index (χ2v) is 8.38. The zero-order valence-corrected chi connectivity index (χ0v) is 17.2. The number of likely N-dealkylation sites (tertiary alicyclic amines) is 1. The van der Waals surface area contributed by atoms with Crippen LogP contribution in [0.5, 0.6) is 0 Å². The number of aliphatic hydroxyl groups excluding tert-OH is 1. The highest BCUT2D eigenvalue weighted by atomic mass is 16.3. The molecule has 2 aromatic rings. The highest BCUT2D eigenvalue weighted by Crippen LogP contribution is 2.24. The highest BCUT2D eigenvalue weighted by Gasteiger charge is 2.23. The largest absolute Gasteiger partial charge is 0.396 e. The predicted octanol–water partition coefficient (Wildman–Crippen LogP) is 3.15. The number of benzene rings is 1. The van der Waals surface area contributed by atoms with Crippen LogP contribution in [-0.2, 0) is 6.54 Å². The van der Waals surface area contributed by atoms with E-state index >= 15 is 0 Å². The van der Waals surface area contributed by atoms with Gasteiger partial charge in [-0.3, -0.25) is 4.90 Å². The Bertz CT molecular complexity index is 756. The summed E-state index contributed by atoms with van der Waals surface area (Å²) in [5.41, 5.74) is 1.38. The van der Waals surface area contributed by atoms with Gasteiger partial charge in [-0.1, -0.05) is 36.8 Å². The van der Waals surface area contributed by atoms with Crippen molar-refractivity contribution in [1.82, 2.24) is 14.9 Å². The molecule has 4 rings (SSSR count). The lowest BCUT2D eigenvalue weighted by Crippen LogP contribution is -2.43. The van der Waals surface area contributed by atoms with E-state index < -0.39 is 0 Å². The molecule has 2 saturated heterocycles. The average Bonchev–Trinajstić information content (AvgIpc) is 2.79. The molecule has 29 heavy (non-hydrogen) atoms. The van der Waals surface area contributed by atoms with Gasteiger partial charge < -0.3 is 15.3 Å². The maximum Gasteiger partial charge on any atom is 0.134 e. The summed E-state index contributed by atoms with van der Waals surface area (Å²) in [6, 6.07) is 13.3. The first-order valence-electron chi connectivity index (χ1n) is 11.0. The lowest BCUT2D eigenvalue weighted by Gasteiger charge is -2.36. The molecule has 0 amide bonds. The fourth-order valence-electron chi connectivity index (χ4n) is 4.58. The molecule has 6 heteroatoms. The van der Waals surface area contributed by atoms with E-state index in [2.05, 4.69) is 61.5 Å². The van der Waals surface area contributed by atoms with E-state index in [1.54, 1.807) is 6.33 Å². The third kappa shape index (κ3) is 5.46. The molecular formula is C23H33N5O. The van der Waals surface area contributed by atoms with E-state index in [1.165, 1.54) is 24.8 Å². The summed E-state index contributed by atoms with van der Waals surface area (Å²) in [6.45, 7) is 5.21. The van der Waals surface area contributed by atoms with E-state index in [1.807, 2.05) is 0 Å². The maximum atomic E-state index is 9.49. The highest BCUT2D eigenvalue weighted by molar-refractivity contribution is 5.48. The van der Waals surface area contributed by atoms with Crippen molar-refractivity contribution in [1.29, 1.82) is 0 Å². The Kier molecular flexibility index (Phi) is 6.96. The Morgan fingerprint density at radius 3 is 2.79 bits per heavy atom. The molecule has 1 aromatic heterocycles. The molecule has 0 bridgehead atoms. The molecule has 2 N–H and O–H groups in total. The van der Waals surface area contributed by atoms with Crippen LogP contribution in [0.2, 0.25) is 0 Å². The zero-order chi connectivity index (χ0) is 19.9. The summed E-state index contributed by atoms with van der Waals surface area (Å²) in [7, 11) is 0. The molecule has 2 fully saturated rings. The van der Waals surface area contributed by atoms with Gasteiger partial charge in [0, 0.05) is 44.9 Å². The molecule has 0 aliphatic carbocycles. The second-order valence-electron chi connectivity index (χ2n) is 8.38. The van der Waals surface area contributed by atoms with Gasteiger partial charge in [0.05, 0.1) is 0 Å².